The average molecular weight is 504 g/mol. The first-order valence-corrected chi connectivity index (χ1v) is 13.9. The molecule has 1 radical (unpaired) electrons. The third kappa shape index (κ3) is 26.5. The smallest absolute Gasteiger partial charge is 0.462 e. The van der Waals surface area contributed by atoms with Crippen molar-refractivity contribution in [3.05, 3.63) is 0 Å². The van der Waals surface area contributed by atoms with Crippen LogP contribution in [-0.4, -0.2) is 70.6 Å². The molecule has 0 aliphatic carbocycles. The minimum absolute atomic E-state index is 0. The van der Waals surface area contributed by atoms with E-state index in [2.05, 4.69) is 18.4 Å². The predicted molar refractivity (Wildman–Crippen MR) is 130 cm³/mol. The van der Waals surface area contributed by atoms with Gasteiger partial charge in [-0.05, 0) is 12.8 Å². The van der Waals surface area contributed by atoms with E-state index in [0.717, 1.165) is 38.5 Å². The number of hydrogen-bond acceptors (Lipinski definition) is 6. The largest absolute Gasteiger partial charge is 0.469 e. The van der Waals surface area contributed by atoms with Gasteiger partial charge in [0.15, 0.2) is 6.10 Å². The Hall–Kier alpha value is 0.0500. The van der Waals surface area contributed by atoms with Gasteiger partial charge in [-0.2, -0.15) is 0 Å². The Labute approximate surface area is 222 Å². The molecule has 0 aromatic carbocycles. The number of phosphoric acid groups is 1. The second kappa shape index (κ2) is 23.8. The van der Waals surface area contributed by atoms with E-state index in [1.165, 1.54) is 44.9 Å². The Morgan fingerprint density at radius 3 is 1.58 bits per heavy atom. The molecule has 0 aliphatic rings. The zero-order valence-electron chi connectivity index (χ0n) is 21.1. The van der Waals surface area contributed by atoms with Crippen LogP contribution in [0.3, 0.4) is 0 Å². The van der Waals surface area contributed by atoms with Crippen molar-refractivity contribution in [2.45, 2.75) is 123 Å². The van der Waals surface area contributed by atoms with Gasteiger partial charge in [-0.25, -0.2) is 4.57 Å². The Balaban J connectivity index is 0. The van der Waals surface area contributed by atoms with E-state index in [-0.39, 0.29) is 49.0 Å². The molecular formula is C23H45NaO8P. The summed E-state index contributed by atoms with van der Waals surface area (Å²) in [6.07, 6.45) is 14.5. The van der Waals surface area contributed by atoms with Crippen LogP contribution in [0.5, 0.6) is 0 Å². The number of esters is 2. The zero-order chi connectivity index (χ0) is 24.1. The molecule has 0 saturated heterocycles. The van der Waals surface area contributed by atoms with E-state index in [0.29, 0.717) is 6.42 Å². The quantitative estimate of drug-likeness (QED) is 0.0866. The number of phosphoric ester groups is 1. The van der Waals surface area contributed by atoms with E-state index >= 15 is 0 Å². The molecular weight excluding hydrogens is 458 g/mol. The Bertz CT molecular complexity index is 527. The van der Waals surface area contributed by atoms with E-state index in [4.69, 9.17) is 19.3 Å². The predicted octanol–water partition coefficient (Wildman–Crippen LogP) is 5.45. The summed E-state index contributed by atoms with van der Waals surface area (Å²) in [4.78, 5) is 41.8. The SMILES string of the molecule is CCCCCCCCCC(=O)OC[C@H](COP(=O)(O)O)OC(=O)CCCCCCCCC.[Na]. The summed E-state index contributed by atoms with van der Waals surface area (Å²) in [5.41, 5.74) is 0. The number of rotatable bonds is 22. The number of carbonyl (C=O) groups excluding carboxylic acids is 2. The summed E-state index contributed by atoms with van der Waals surface area (Å²) in [6.45, 7) is 3.52. The van der Waals surface area contributed by atoms with Gasteiger partial charge in [-0.3, -0.25) is 14.1 Å². The molecule has 2 N–H and O–H groups in total. The van der Waals surface area contributed by atoms with E-state index in [1.807, 2.05) is 0 Å². The van der Waals surface area contributed by atoms with Crippen molar-refractivity contribution >= 4 is 49.3 Å². The van der Waals surface area contributed by atoms with Crippen molar-refractivity contribution < 1.29 is 37.9 Å². The van der Waals surface area contributed by atoms with Gasteiger partial charge < -0.3 is 19.3 Å². The molecule has 0 amide bonds. The Morgan fingerprint density at radius 2 is 1.12 bits per heavy atom. The van der Waals surface area contributed by atoms with Gasteiger partial charge in [0.1, 0.15) is 6.61 Å². The van der Waals surface area contributed by atoms with Gasteiger partial charge in [0.2, 0.25) is 0 Å². The molecule has 8 nitrogen and oxygen atoms in total. The first kappa shape index (κ1) is 35.2. The van der Waals surface area contributed by atoms with Crippen LogP contribution in [-0.2, 0) is 28.2 Å². The zero-order valence-corrected chi connectivity index (χ0v) is 24.0. The van der Waals surface area contributed by atoms with Crippen molar-refractivity contribution in [3.63, 3.8) is 0 Å². The number of ether oxygens (including phenoxy) is 2. The molecule has 191 valence electrons. The second-order valence-electron chi connectivity index (χ2n) is 8.32. The van der Waals surface area contributed by atoms with Gasteiger partial charge in [0.25, 0.3) is 0 Å². The molecule has 0 saturated carbocycles. The topological polar surface area (TPSA) is 119 Å². The first-order valence-electron chi connectivity index (χ1n) is 12.3. The van der Waals surface area contributed by atoms with E-state index in [9.17, 15) is 14.2 Å². The van der Waals surface area contributed by atoms with E-state index < -0.39 is 32.5 Å². The number of carbonyl (C=O) groups is 2. The minimum Gasteiger partial charge on any atom is -0.462 e. The summed E-state index contributed by atoms with van der Waals surface area (Å²) < 4.78 is 25.8. The maximum Gasteiger partial charge on any atom is 0.469 e. The molecule has 1 atom stereocenters. The van der Waals surface area contributed by atoms with Crippen LogP contribution in [0, 0.1) is 0 Å². The molecule has 0 aliphatic heterocycles. The Kier molecular flexibility index (Phi) is 25.4. The number of hydrogen-bond donors (Lipinski definition) is 2. The second-order valence-corrected chi connectivity index (χ2v) is 9.56. The molecule has 0 fully saturated rings. The Morgan fingerprint density at radius 1 is 0.697 bits per heavy atom. The summed E-state index contributed by atoms with van der Waals surface area (Å²) >= 11 is 0. The monoisotopic (exact) mass is 503 g/mol. The molecule has 0 rings (SSSR count). The fourth-order valence-electron chi connectivity index (χ4n) is 3.25. The van der Waals surface area contributed by atoms with Crippen molar-refractivity contribution in [2.75, 3.05) is 13.2 Å². The first-order chi connectivity index (χ1) is 15.3. The van der Waals surface area contributed by atoms with Crippen molar-refractivity contribution in [1.82, 2.24) is 0 Å². The number of unbranched alkanes of at least 4 members (excludes halogenated alkanes) is 12. The minimum atomic E-state index is -4.72. The van der Waals surface area contributed by atoms with Gasteiger partial charge in [0, 0.05) is 42.4 Å². The molecule has 33 heavy (non-hydrogen) atoms. The van der Waals surface area contributed by atoms with Gasteiger partial charge in [0.05, 0.1) is 6.61 Å². The van der Waals surface area contributed by atoms with Crippen LogP contribution >= 0.6 is 7.82 Å². The van der Waals surface area contributed by atoms with Gasteiger partial charge in [-0.1, -0.05) is 90.9 Å². The molecule has 0 aromatic heterocycles. The van der Waals surface area contributed by atoms with Crippen LogP contribution in [0.4, 0.5) is 0 Å². The van der Waals surface area contributed by atoms with Crippen molar-refractivity contribution in [1.29, 1.82) is 0 Å². The summed E-state index contributed by atoms with van der Waals surface area (Å²) in [5.74, 6) is -0.899. The molecule has 0 aromatic rings. The average Bonchev–Trinajstić information content (AvgIpc) is 2.73. The summed E-state index contributed by atoms with van der Waals surface area (Å²) in [6, 6.07) is 0. The van der Waals surface area contributed by atoms with Gasteiger partial charge in [-0.15, -0.1) is 0 Å². The third-order valence-corrected chi connectivity index (χ3v) is 5.61. The van der Waals surface area contributed by atoms with Crippen LogP contribution in [0.25, 0.3) is 0 Å². The molecule has 0 heterocycles. The van der Waals surface area contributed by atoms with Crippen LogP contribution in [0.15, 0.2) is 0 Å². The maximum atomic E-state index is 12.1. The fourth-order valence-corrected chi connectivity index (χ4v) is 3.61. The van der Waals surface area contributed by atoms with Crippen molar-refractivity contribution in [3.8, 4) is 0 Å². The van der Waals surface area contributed by atoms with E-state index in [1.54, 1.807) is 0 Å². The normalized spacial score (nSPS) is 12.1. The standard InChI is InChI=1S/C23H45O8P.Na/c1-3-5-7-9-11-13-15-17-22(24)29-19-21(20-30-32(26,27)28)31-23(25)18-16-14-12-10-8-6-4-2;/h21H,3-20H2,1-2H3,(H2,26,27,28);/t21-;/m1./s1. The fraction of sp³-hybridized carbons (Fsp3) is 0.913. The molecule has 0 spiro atoms. The molecule has 0 unspecified atom stereocenters. The van der Waals surface area contributed by atoms with Crippen LogP contribution in [0.1, 0.15) is 117 Å². The molecule has 0 bridgehead atoms. The van der Waals surface area contributed by atoms with Crippen molar-refractivity contribution in [2.24, 2.45) is 0 Å². The molecule has 10 heteroatoms. The maximum absolute atomic E-state index is 12.1. The summed E-state index contributed by atoms with van der Waals surface area (Å²) in [7, 11) is -4.72. The van der Waals surface area contributed by atoms with Crippen LogP contribution < -0.4 is 0 Å². The summed E-state index contributed by atoms with van der Waals surface area (Å²) in [5, 5.41) is 0. The van der Waals surface area contributed by atoms with Gasteiger partial charge >= 0.3 is 19.8 Å². The third-order valence-electron chi connectivity index (χ3n) is 5.13. The van der Waals surface area contributed by atoms with Crippen LogP contribution in [0.2, 0.25) is 0 Å².